The monoisotopic (exact) mass is 437 g/mol. The zero-order valence-electron chi connectivity index (χ0n) is 15.5. The number of benzene rings is 2. The summed E-state index contributed by atoms with van der Waals surface area (Å²) in [6.07, 6.45) is 0.703. The number of aryl methyl sites for hydroxylation is 1. The third-order valence-electron chi connectivity index (χ3n) is 3.95. The first-order valence-corrected chi connectivity index (χ1v) is 10.0. The van der Waals surface area contributed by atoms with Crippen molar-refractivity contribution < 1.29 is 14.3 Å². The summed E-state index contributed by atoms with van der Waals surface area (Å²) < 4.78 is 11.6. The third-order valence-corrected chi connectivity index (χ3v) is 5.80. The summed E-state index contributed by atoms with van der Waals surface area (Å²) in [5.41, 5.74) is 2.27. The van der Waals surface area contributed by atoms with Gasteiger partial charge in [0, 0.05) is 15.9 Å². The van der Waals surface area contributed by atoms with Crippen molar-refractivity contribution >= 4 is 33.6 Å². The summed E-state index contributed by atoms with van der Waals surface area (Å²) in [5, 5.41) is 2.86. The van der Waals surface area contributed by atoms with Crippen LogP contribution in [0.4, 0.5) is 0 Å². The fourth-order valence-electron chi connectivity index (χ4n) is 2.43. The van der Waals surface area contributed by atoms with Gasteiger partial charge in [-0.05, 0) is 50.1 Å². The molecule has 1 amide bonds. The standard InChI is InChI=1S/C20H24BrNO3S/c1-13-5-7-16(8-6-13)26-14(2)20(23)22-10-9-15-11-18(24-3)19(25-4)12-17(15)21/h5-8,11-12,14H,9-10H2,1-4H3,(H,22,23). The van der Waals surface area contributed by atoms with Crippen molar-refractivity contribution in [3.05, 3.63) is 52.0 Å². The molecule has 0 aromatic heterocycles. The molecule has 0 aliphatic heterocycles. The summed E-state index contributed by atoms with van der Waals surface area (Å²) in [4.78, 5) is 13.4. The summed E-state index contributed by atoms with van der Waals surface area (Å²) in [6, 6.07) is 12.0. The van der Waals surface area contributed by atoms with Crippen molar-refractivity contribution in [2.75, 3.05) is 20.8 Å². The minimum Gasteiger partial charge on any atom is -0.493 e. The molecule has 4 nitrogen and oxygen atoms in total. The maximum absolute atomic E-state index is 12.3. The number of hydrogen-bond acceptors (Lipinski definition) is 4. The molecule has 0 saturated heterocycles. The molecule has 0 saturated carbocycles. The van der Waals surface area contributed by atoms with E-state index in [9.17, 15) is 4.79 Å². The Morgan fingerprint density at radius 1 is 1.15 bits per heavy atom. The second-order valence-electron chi connectivity index (χ2n) is 5.91. The number of carbonyl (C=O) groups is 1. The number of amides is 1. The molecule has 2 rings (SSSR count). The Hall–Kier alpha value is -1.66. The summed E-state index contributed by atoms with van der Waals surface area (Å²) in [6.45, 7) is 4.54. The van der Waals surface area contributed by atoms with E-state index in [1.54, 1.807) is 26.0 Å². The fraction of sp³-hybridized carbons (Fsp3) is 0.350. The highest BCUT2D eigenvalue weighted by Crippen LogP contribution is 2.33. The highest BCUT2D eigenvalue weighted by molar-refractivity contribution is 9.10. The van der Waals surface area contributed by atoms with Gasteiger partial charge in [-0.25, -0.2) is 0 Å². The number of thioether (sulfide) groups is 1. The van der Waals surface area contributed by atoms with Crippen LogP contribution in [0.25, 0.3) is 0 Å². The summed E-state index contributed by atoms with van der Waals surface area (Å²) >= 11 is 5.11. The Morgan fingerprint density at radius 2 is 1.77 bits per heavy atom. The van der Waals surface area contributed by atoms with Gasteiger partial charge in [0.15, 0.2) is 11.5 Å². The first-order valence-electron chi connectivity index (χ1n) is 8.36. The summed E-state index contributed by atoms with van der Waals surface area (Å²) in [7, 11) is 3.22. The average Bonchev–Trinajstić information content (AvgIpc) is 2.64. The zero-order chi connectivity index (χ0) is 19.1. The molecular weight excluding hydrogens is 414 g/mol. The van der Waals surface area contributed by atoms with Gasteiger partial charge < -0.3 is 14.8 Å². The fourth-order valence-corrected chi connectivity index (χ4v) is 3.84. The van der Waals surface area contributed by atoms with Gasteiger partial charge in [-0.3, -0.25) is 4.79 Å². The van der Waals surface area contributed by atoms with Crippen LogP contribution in [0.2, 0.25) is 0 Å². The van der Waals surface area contributed by atoms with E-state index in [0.717, 1.165) is 14.9 Å². The lowest BCUT2D eigenvalue weighted by Crippen LogP contribution is -2.32. The van der Waals surface area contributed by atoms with Crippen molar-refractivity contribution in [1.29, 1.82) is 0 Å². The van der Waals surface area contributed by atoms with E-state index in [1.165, 1.54) is 5.56 Å². The Kier molecular flexibility index (Phi) is 7.85. The van der Waals surface area contributed by atoms with Crippen LogP contribution >= 0.6 is 27.7 Å². The number of rotatable bonds is 8. The first kappa shape index (κ1) is 20.6. The van der Waals surface area contributed by atoms with Gasteiger partial charge in [-0.2, -0.15) is 0 Å². The molecular formula is C20H24BrNO3S. The quantitative estimate of drug-likeness (QED) is 0.612. The minimum atomic E-state index is -0.147. The van der Waals surface area contributed by atoms with E-state index in [2.05, 4.69) is 40.3 Å². The van der Waals surface area contributed by atoms with E-state index in [4.69, 9.17) is 9.47 Å². The lowest BCUT2D eigenvalue weighted by atomic mass is 10.1. The van der Waals surface area contributed by atoms with Crippen molar-refractivity contribution in [2.24, 2.45) is 0 Å². The van der Waals surface area contributed by atoms with E-state index < -0.39 is 0 Å². The van der Waals surface area contributed by atoms with Crippen molar-refractivity contribution in [3.8, 4) is 11.5 Å². The lowest BCUT2D eigenvalue weighted by molar-refractivity contribution is -0.120. The largest absolute Gasteiger partial charge is 0.493 e. The molecule has 0 bridgehead atoms. The van der Waals surface area contributed by atoms with Crippen molar-refractivity contribution in [1.82, 2.24) is 5.32 Å². The highest BCUT2D eigenvalue weighted by atomic mass is 79.9. The topological polar surface area (TPSA) is 47.6 Å². The van der Waals surface area contributed by atoms with E-state index in [-0.39, 0.29) is 11.2 Å². The van der Waals surface area contributed by atoms with Gasteiger partial charge in [0.2, 0.25) is 5.91 Å². The Balaban J connectivity index is 1.88. The van der Waals surface area contributed by atoms with Gasteiger partial charge in [-0.1, -0.05) is 33.6 Å². The Labute approximate surface area is 167 Å². The Bertz CT molecular complexity index is 749. The van der Waals surface area contributed by atoms with Gasteiger partial charge in [0.05, 0.1) is 19.5 Å². The van der Waals surface area contributed by atoms with Crippen LogP contribution in [-0.2, 0) is 11.2 Å². The van der Waals surface area contributed by atoms with Crippen molar-refractivity contribution in [2.45, 2.75) is 30.4 Å². The van der Waals surface area contributed by atoms with Gasteiger partial charge in [0.1, 0.15) is 0 Å². The molecule has 1 unspecified atom stereocenters. The van der Waals surface area contributed by atoms with Crippen LogP contribution in [-0.4, -0.2) is 31.9 Å². The average molecular weight is 438 g/mol. The molecule has 0 fully saturated rings. The molecule has 0 radical (unpaired) electrons. The van der Waals surface area contributed by atoms with E-state index in [1.807, 2.05) is 31.2 Å². The molecule has 140 valence electrons. The minimum absolute atomic E-state index is 0.0344. The third kappa shape index (κ3) is 5.68. The molecule has 6 heteroatoms. The predicted molar refractivity (Wildman–Crippen MR) is 110 cm³/mol. The smallest absolute Gasteiger partial charge is 0.233 e. The number of halogens is 1. The van der Waals surface area contributed by atoms with E-state index in [0.29, 0.717) is 24.5 Å². The number of methoxy groups -OCH3 is 2. The molecule has 0 aliphatic rings. The van der Waals surface area contributed by atoms with Crippen LogP contribution in [0.15, 0.2) is 45.8 Å². The number of nitrogens with one attached hydrogen (secondary N) is 1. The van der Waals surface area contributed by atoms with Crippen molar-refractivity contribution in [3.63, 3.8) is 0 Å². The second-order valence-corrected chi connectivity index (χ2v) is 8.18. The molecule has 26 heavy (non-hydrogen) atoms. The number of carbonyl (C=O) groups excluding carboxylic acids is 1. The molecule has 0 heterocycles. The lowest BCUT2D eigenvalue weighted by Gasteiger charge is -2.14. The van der Waals surface area contributed by atoms with Crippen LogP contribution in [0.5, 0.6) is 11.5 Å². The van der Waals surface area contributed by atoms with Crippen LogP contribution < -0.4 is 14.8 Å². The SMILES string of the molecule is COc1cc(Br)c(CCNC(=O)C(C)Sc2ccc(C)cc2)cc1OC. The van der Waals surface area contributed by atoms with Crippen LogP contribution in [0, 0.1) is 6.92 Å². The summed E-state index contributed by atoms with van der Waals surface area (Å²) in [5.74, 6) is 1.39. The Morgan fingerprint density at radius 3 is 2.38 bits per heavy atom. The molecule has 2 aromatic carbocycles. The number of hydrogen-bond donors (Lipinski definition) is 1. The maximum Gasteiger partial charge on any atom is 0.233 e. The number of ether oxygens (including phenoxy) is 2. The molecule has 0 spiro atoms. The maximum atomic E-state index is 12.3. The zero-order valence-corrected chi connectivity index (χ0v) is 17.9. The molecule has 0 aliphatic carbocycles. The molecule has 1 atom stereocenters. The van der Waals surface area contributed by atoms with Crippen LogP contribution in [0.1, 0.15) is 18.1 Å². The predicted octanol–water partition coefficient (Wildman–Crippen LogP) is 4.61. The normalized spacial score (nSPS) is 11.7. The first-order chi connectivity index (χ1) is 12.4. The van der Waals surface area contributed by atoms with Gasteiger partial charge in [-0.15, -0.1) is 11.8 Å². The van der Waals surface area contributed by atoms with Gasteiger partial charge >= 0.3 is 0 Å². The molecule has 2 aromatic rings. The van der Waals surface area contributed by atoms with E-state index >= 15 is 0 Å². The van der Waals surface area contributed by atoms with Gasteiger partial charge in [0.25, 0.3) is 0 Å². The second kappa shape index (κ2) is 9.88. The highest BCUT2D eigenvalue weighted by Gasteiger charge is 2.15. The van der Waals surface area contributed by atoms with Crippen LogP contribution in [0.3, 0.4) is 0 Å². The molecule has 1 N–H and O–H groups in total.